The summed E-state index contributed by atoms with van der Waals surface area (Å²) in [6.07, 6.45) is 2.63. The highest BCUT2D eigenvalue weighted by Gasteiger charge is 2.27. The SMILES string of the molecule is O=C(c1ncn[nH]1)N1CCC(n2nnc3ccsc3c2=O)CC1. The molecule has 0 spiro atoms. The van der Waals surface area contributed by atoms with Gasteiger partial charge < -0.3 is 4.90 Å². The molecule has 118 valence electrons. The third kappa shape index (κ3) is 2.40. The van der Waals surface area contributed by atoms with E-state index < -0.39 is 0 Å². The lowest BCUT2D eigenvalue weighted by molar-refractivity contribution is 0.0675. The van der Waals surface area contributed by atoms with Gasteiger partial charge in [0, 0.05) is 13.1 Å². The van der Waals surface area contributed by atoms with Crippen LogP contribution in [-0.2, 0) is 0 Å². The summed E-state index contributed by atoms with van der Waals surface area (Å²) in [5.74, 6) is 0.0634. The van der Waals surface area contributed by atoms with Gasteiger partial charge in [0.25, 0.3) is 11.5 Å². The summed E-state index contributed by atoms with van der Waals surface area (Å²) in [7, 11) is 0. The van der Waals surface area contributed by atoms with Crippen molar-refractivity contribution in [2.24, 2.45) is 0 Å². The van der Waals surface area contributed by atoms with Crippen molar-refractivity contribution in [2.75, 3.05) is 13.1 Å². The Morgan fingerprint density at radius 1 is 1.35 bits per heavy atom. The topological polar surface area (TPSA) is 110 Å². The largest absolute Gasteiger partial charge is 0.336 e. The van der Waals surface area contributed by atoms with E-state index in [9.17, 15) is 9.59 Å². The first-order valence-corrected chi connectivity index (χ1v) is 8.09. The minimum absolute atomic E-state index is 0.0414. The third-order valence-electron chi connectivity index (χ3n) is 4.01. The molecular weight excluding hydrogens is 318 g/mol. The Kier molecular flexibility index (Phi) is 3.37. The molecule has 23 heavy (non-hydrogen) atoms. The number of carbonyl (C=O) groups excluding carboxylic acids is 1. The highest BCUT2D eigenvalue weighted by Crippen LogP contribution is 2.22. The van der Waals surface area contributed by atoms with Crippen LogP contribution in [-0.4, -0.2) is 54.1 Å². The maximum absolute atomic E-state index is 12.5. The molecule has 1 aliphatic rings. The first kappa shape index (κ1) is 14.0. The zero-order valence-corrected chi connectivity index (χ0v) is 12.9. The van der Waals surface area contributed by atoms with Crippen molar-refractivity contribution in [3.05, 3.63) is 34.0 Å². The van der Waals surface area contributed by atoms with Gasteiger partial charge in [0.2, 0.25) is 5.82 Å². The lowest BCUT2D eigenvalue weighted by Gasteiger charge is -2.31. The molecule has 1 amide bonds. The Bertz CT molecular complexity index is 893. The van der Waals surface area contributed by atoms with Gasteiger partial charge in [0.05, 0.1) is 6.04 Å². The van der Waals surface area contributed by atoms with Crippen LogP contribution in [0.5, 0.6) is 0 Å². The molecule has 1 N–H and O–H groups in total. The molecule has 0 atom stereocenters. The van der Waals surface area contributed by atoms with Crippen LogP contribution in [0.25, 0.3) is 10.2 Å². The molecule has 1 aliphatic heterocycles. The average molecular weight is 331 g/mol. The van der Waals surface area contributed by atoms with E-state index in [1.807, 2.05) is 5.38 Å². The van der Waals surface area contributed by atoms with Crippen LogP contribution >= 0.6 is 11.3 Å². The number of hydrogen-bond acceptors (Lipinski definition) is 7. The molecule has 1 saturated heterocycles. The Labute approximate surface area is 133 Å². The minimum atomic E-state index is -0.173. The number of fused-ring (bicyclic) bond motifs is 1. The van der Waals surface area contributed by atoms with Crippen molar-refractivity contribution in [1.29, 1.82) is 0 Å². The maximum atomic E-state index is 12.5. The minimum Gasteiger partial charge on any atom is -0.336 e. The van der Waals surface area contributed by atoms with E-state index in [1.165, 1.54) is 22.3 Å². The highest BCUT2D eigenvalue weighted by atomic mass is 32.1. The smallest absolute Gasteiger partial charge is 0.291 e. The average Bonchev–Trinajstić information content (AvgIpc) is 3.27. The maximum Gasteiger partial charge on any atom is 0.291 e. The summed E-state index contributed by atoms with van der Waals surface area (Å²) >= 11 is 1.38. The van der Waals surface area contributed by atoms with Gasteiger partial charge in [-0.3, -0.25) is 14.7 Å². The van der Waals surface area contributed by atoms with Crippen molar-refractivity contribution in [3.63, 3.8) is 0 Å². The number of nitrogens with zero attached hydrogens (tertiary/aromatic N) is 6. The number of H-pyrrole nitrogens is 1. The monoisotopic (exact) mass is 331 g/mol. The third-order valence-corrected chi connectivity index (χ3v) is 4.90. The summed E-state index contributed by atoms with van der Waals surface area (Å²) < 4.78 is 2.08. The molecule has 3 aromatic rings. The van der Waals surface area contributed by atoms with Crippen molar-refractivity contribution < 1.29 is 4.79 Å². The van der Waals surface area contributed by atoms with Crippen molar-refractivity contribution in [1.82, 2.24) is 35.1 Å². The second-order valence-corrected chi connectivity index (χ2v) is 6.25. The molecule has 0 bridgehead atoms. The molecule has 4 heterocycles. The van der Waals surface area contributed by atoms with Gasteiger partial charge in [0.15, 0.2) is 0 Å². The zero-order chi connectivity index (χ0) is 15.8. The van der Waals surface area contributed by atoms with E-state index in [2.05, 4.69) is 25.5 Å². The van der Waals surface area contributed by atoms with Crippen molar-refractivity contribution >= 4 is 27.5 Å². The Morgan fingerprint density at radius 3 is 2.91 bits per heavy atom. The summed E-state index contributed by atoms with van der Waals surface area (Å²) in [4.78, 5) is 30.3. The van der Waals surface area contributed by atoms with Gasteiger partial charge >= 0.3 is 0 Å². The molecule has 0 unspecified atom stereocenters. The molecule has 9 nitrogen and oxygen atoms in total. The van der Waals surface area contributed by atoms with Crippen molar-refractivity contribution in [3.8, 4) is 0 Å². The number of amides is 1. The fourth-order valence-corrected chi connectivity index (χ4v) is 3.55. The van der Waals surface area contributed by atoms with E-state index in [4.69, 9.17) is 0 Å². The van der Waals surface area contributed by atoms with E-state index in [0.29, 0.717) is 36.1 Å². The van der Waals surface area contributed by atoms with Gasteiger partial charge in [-0.05, 0) is 24.3 Å². The second-order valence-electron chi connectivity index (χ2n) is 5.33. The van der Waals surface area contributed by atoms with Crippen LogP contribution < -0.4 is 5.56 Å². The van der Waals surface area contributed by atoms with E-state index in [-0.39, 0.29) is 23.3 Å². The van der Waals surface area contributed by atoms with Crippen LogP contribution in [0.1, 0.15) is 29.5 Å². The molecule has 0 radical (unpaired) electrons. The number of thiophene rings is 1. The van der Waals surface area contributed by atoms with E-state index in [1.54, 1.807) is 11.0 Å². The number of aromatic nitrogens is 6. The van der Waals surface area contributed by atoms with Gasteiger partial charge in [-0.25, -0.2) is 9.67 Å². The number of carbonyl (C=O) groups is 1. The molecule has 1 fully saturated rings. The van der Waals surface area contributed by atoms with Crippen LogP contribution in [0.3, 0.4) is 0 Å². The molecule has 0 aromatic carbocycles. The predicted octanol–water partition coefficient (Wildman–Crippen LogP) is 0.448. The Morgan fingerprint density at radius 2 is 2.17 bits per heavy atom. The van der Waals surface area contributed by atoms with E-state index >= 15 is 0 Å². The van der Waals surface area contributed by atoms with Crippen LogP contribution in [0, 0.1) is 0 Å². The fraction of sp³-hybridized carbons (Fsp3) is 0.385. The summed E-state index contributed by atoms with van der Waals surface area (Å²) in [6.45, 7) is 1.08. The zero-order valence-electron chi connectivity index (χ0n) is 12.0. The van der Waals surface area contributed by atoms with Crippen LogP contribution in [0.15, 0.2) is 22.6 Å². The number of piperidine rings is 1. The lowest BCUT2D eigenvalue weighted by Crippen LogP contribution is -2.41. The number of rotatable bonds is 2. The van der Waals surface area contributed by atoms with Gasteiger partial charge in [-0.15, -0.1) is 16.4 Å². The lowest BCUT2D eigenvalue weighted by atomic mass is 10.1. The van der Waals surface area contributed by atoms with Crippen LogP contribution in [0.2, 0.25) is 0 Å². The molecule has 3 aromatic heterocycles. The summed E-state index contributed by atoms with van der Waals surface area (Å²) in [6, 6.07) is 1.75. The molecular formula is C13H13N7O2S. The summed E-state index contributed by atoms with van der Waals surface area (Å²) in [5.41, 5.74) is 0.527. The van der Waals surface area contributed by atoms with Gasteiger partial charge in [-0.1, -0.05) is 5.21 Å². The molecule has 4 rings (SSSR count). The van der Waals surface area contributed by atoms with Gasteiger partial charge in [0.1, 0.15) is 16.5 Å². The van der Waals surface area contributed by atoms with Crippen LogP contribution in [0.4, 0.5) is 0 Å². The molecule has 0 saturated carbocycles. The number of likely N-dealkylation sites (tertiary alicyclic amines) is 1. The molecule has 10 heteroatoms. The number of aromatic amines is 1. The first-order valence-electron chi connectivity index (χ1n) is 7.21. The van der Waals surface area contributed by atoms with Crippen molar-refractivity contribution in [2.45, 2.75) is 18.9 Å². The second kappa shape index (κ2) is 5.54. The number of hydrogen-bond donors (Lipinski definition) is 1. The van der Waals surface area contributed by atoms with Gasteiger partial charge in [-0.2, -0.15) is 5.10 Å². The Balaban J connectivity index is 1.51. The molecule has 0 aliphatic carbocycles. The Hall–Kier alpha value is -2.62. The predicted molar refractivity (Wildman–Crippen MR) is 82.2 cm³/mol. The fourth-order valence-electron chi connectivity index (χ4n) is 2.79. The number of nitrogens with one attached hydrogen (secondary N) is 1. The highest BCUT2D eigenvalue weighted by molar-refractivity contribution is 7.17. The summed E-state index contributed by atoms with van der Waals surface area (Å²) in [5, 5.41) is 16.2. The quantitative estimate of drug-likeness (QED) is 0.730. The standard InChI is InChI=1S/C13H13N7O2S/c21-12-10-9(3-6-23-10)16-18-20(12)8-1-4-19(5-2-8)13(22)11-14-7-15-17-11/h3,6-8H,1-2,4-5H2,(H,14,15,17). The first-order chi connectivity index (χ1) is 11.2. The van der Waals surface area contributed by atoms with E-state index in [0.717, 1.165) is 0 Å². The normalized spacial score (nSPS) is 16.1.